The molecular weight excluding hydrogens is 519 g/mol. The van der Waals surface area contributed by atoms with Gasteiger partial charge in [0.1, 0.15) is 0 Å². The third kappa shape index (κ3) is 6.22. The van der Waals surface area contributed by atoms with Gasteiger partial charge in [0.25, 0.3) is 0 Å². The molecule has 0 unspecified atom stereocenters. The summed E-state index contributed by atoms with van der Waals surface area (Å²) in [4.78, 5) is 10.3. The summed E-state index contributed by atoms with van der Waals surface area (Å²) in [5.74, 6) is 1.65. The fraction of sp³-hybridized carbons (Fsp3) is 0.348. The zero-order valence-corrected chi connectivity index (χ0v) is 21.3. The molecule has 0 saturated heterocycles. The number of halogens is 1. The van der Waals surface area contributed by atoms with Crippen LogP contribution in [0.4, 0.5) is 0 Å². The highest BCUT2D eigenvalue weighted by molar-refractivity contribution is 14.0. The molecule has 1 aliphatic carbocycles. The van der Waals surface area contributed by atoms with E-state index in [1.807, 2.05) is 49.6 Å². The summed E-state index contributed by atoms with van der Waals surface area (Å²) >= 11 is 1.96. The molecule has 0 radical (unpaired) electrons. The summed E-state index contributed by atoms with van der Waals surface area (Å²) < 4.78 is 2.15. The van der Waals surface area contributed by atoms with Crippen LogP contribution < -0.4 is 10.6 Å². The second kappa shape index (κ2) is 10.5. The van der Waals surface area contributed by atoms with Crippen LogP contribution >= 0.6 is 35.7 Å². The molecule has 6 nitrogen and oxygen atoms in total. The smallest absolute Gasteiger partial charge is 0.191 e. The minimum absolute atomic E-state index is 0. The maximum atomic E-state index is 4.57. The van der Waals surface area contributed by atoms with Gasteiger partial charge < -0.3 is 10.6 Å². The van der Waals surface area contributed by atoms with Gasteiger partial charge in [-0.2, -0.15) is 5.10 Å². The lowest BCUT2D eigenvalue weighted by molar-refractivity contribution is 0.762. The van der Waals surface area contributed by atoms with Crippen molar-refractivity contribution >= 4 is 41.7 Å². The van der Waals surface area contributed by atoms with Crippen molar-refractivity contribution < 1.29 is 0 Å². The normalized spacial score (nSPS) is 14.6. The van der Waals surface area contributed by atoms with Crippen molar-refractivity contribution in [2.75, 3.05) is 13.6 Å². The van der Waals surface area contributed by atoms with E-state index in [4.69, 9.17) is 0 Å². The fourth-order valence-electron chi connectivity index (χ4n) is 3.35. The van der Waals surface area contributed by atoms with Crippen molar-refractivity contribution in [3.8, 4) is 5.82 Å². The monoisotopic (exact) mass is 548 g/mol. The minimum atomic E-state index is 0. The van der Waals surface area contributed by atoms with Crippen LogP contribution in [-0.2, 0) is 6.54 Å². The maximum absolute atomic E-state index is 4.57. The molecule has 3 aromatic rings. The summed E-state index contributed by atoms with van der Waals surface area (Å²) in [6.45, 7) is 5.60. The van der Waals surface area contributed by atoms with E-state index in [1.54, 1.807) is 0 Å². The average molecular weight is 548 g/mol. The first-order chi connectivity index (χ1) is 14.6. The van der Waals surface area contributed by atoms with Gasteiger partial charge in [-0.15, -0.1) is 35.7 Å². The van der Waals surface area contributed by atoms with Gasteiger partial charge in [0.15, 0.2) is 11.8 Å². The van der Waals surface area contributed by atoms with Crippen LogP contribution in [-0.4, -0.2) is 39.1 Å². The number of nitrogens with one attached hydrogen (secondary N) is 2. The molecule has 4 rings (SSSR count). The lowest BCUT2D eigenvalue weighted by Gasteiger charge is -2.18. The van der Waals surface area contributed by atoms with Crippen LogP contribution in [0.5, 0.6) is 0 Å². The Labute approximate surface area is 205 Å². The SMILES string of the molecule is CN=C(NCc1ccc(-n2nc(C)cc2C)nc1)NCC1(Sc2ccccc2)CC1.I. The topological polar surface area (TPSA) is 67.1 Å². The Bertz CT molecular complexity index is 1010. The van der Waals surface area contributed by atoms with Gasteiger partial charge >= 0.3 is 0 Å². The Morgan fingerprint density at radius 3 is 2.48 bits per heavy atom. The minimum Gasteiger partial charge on any atom is -0.355 e. The van der Waals surface area contributed by atoms with Gasteiger partial charge in [-0.05, 0) is 56.5 Å². The van der Waals surface area contributed by atoms with Crippen molar-refractivity contribution in [2.45, 2.75) is 42.9 Å². The van der Waals surface area contributed by atoms with Crippen LogP contribution in [0.2, 0.25) is 0 Å². The summed E-state index contributed by atoms with van der Waals surface area (Å²) in [6.07, 6.45) is 4.35. The number of hydrogen-bond acceptors (Lipinski definition) is 4. The van der Waals surface area contributed by atoms with Gasteiger partial charge in [0.2, 0.25) is 0 Å². The largest absolute Gasteiger partial charge is 0.355 e. The highest BCUT2D eigenvalue weighted by atomic mass is 127. The van der Waals surface area contributed by atoms with E-state index in [-0.39, 0.29) is 28.7 Å². The quantitative estimate of drug-likeness (QED) is 0.259. The summed E-state index contributed by atoms with van der Waals surface area (Å²) in [6, 6.07) is 16.7. The van der Waals surface area contributed by atoms with Gasteiger partial charge in [0, 0.05) is 41.7 Å². The fourth-order valence-corrected chi connectivity index (χ4v) is 4.60. The number of benzene rings is 1. The van der Waals surface area contributed by atoms with Gasteiger partial charge in [-0.3, -0.25) is 4.99 Å². The number of rotatable bonds is 7. The highest BCUT2D eigenvalue weighted by Crippen LogP contribution is 2.51. The van der Waals surface area contributed by atoms with E-state index < -0.39 is 0 Å². The molecule has 2 N–H and O–H groups in total. The molecule has 2 heterocycles. The Kier molecular flexibility index (Phi) is 7.99. The molecule has 31 heavy (non-hydrogen) atoms. The lowest BCUT2D eigenvalue weighted by Crippen LogP contribution is -2.40. The zero-order valence-electron chi connectivity index (χ0n) is 18.1. The molecular formula is C23H29IN6S. The predicted molar refractivity (Wildman–Crippen MR) is 139 cm³/mol. The number of aryl methyl sites for hydroxylation is 2. The van der Waals surface area contributed by atoms with Crippen LogP contribution in [0.25, 0.3) is 5.82 Å². The van der Waals surface area contributed by atoms with E-state index in [2.05, 4.69) is 68.2 Å². The van der Waals surface area contributed by atoms with Crippen LogP contribution in [0.3, 0.4) is 0 Å². The van der Waals surface area contributed by atoms with E-state index >= 15 is 0 Å². The van der Waals surface area contributed by atoms with E-state index in [1.165, 1.54) is 17.7 Å². The molecule has 0 bridgehead atoms. The second-order valence-corrected chi connectivity index (χ2v) is 9.28. The van der Waals surface area contributed by atoms with Gasteiger partial charge in [0.05, 0.1) is 5.69 Å². The molecule has 2 aromatic heterocycles. The molecule has 1 aromatic carbocycles. The van der Waals surface area contributed by atoms with E-state index in [0.29, 0.717) is 6.54 Å². The molecule has 0 aliphatic heterocycles. The molecule has 1 aliphatic rings. The van der Waals surface area contributed by atoms with Crippen molar-refractivity contribution in [3.05, 3.63) is 71.7 Å². The zero-order chi connectivity index (χ0) is 21.0. The van der Waals surface area contributed by atoms with Crippen LogP contribution in [0, 0.1) is 13.8 Å². The first-order valence-electron chi connectivity index (χ1n) is 10.2. The lowest BCUT2D eigenvalue weighted by atomic mass is 10.3. The van der Waals surface area contributed by atoms with Crippen molar-refractivity contribution in [1.29, 1.82) is 0 Å². The Morgan fingerprint density at radius 1 is 1.13 bits per heavy atom. The Balaban J connectivity index is 0.00000272. The molecule has 0 spiro atoms. The molecule has 1 fully saturated rings. The number of pyridine rings is 1. The average Bonchev–Trinajstić information content (AvgIpc) is 3.44. The van der Waals surface area contributed by atoms with Gasteiger partial charge in [-0.25, -0.2) is 9.67 Å². The predicted octanol–water partition coefficient (Wildman–Crippen LogP) is 4.49. The number of thioether (sulfide) groups is 1. The maximum Gasteiger partial charge on any atom is 0.191 e. The standard InChI is InChI=1S/C23H28N6S.HI/c1-17-13-18(2)29(28-17)21-10-9-19(14-25-21)15-26-22(24-3)27-16-23(11-12-23)30-20-7-5-4-6-8-20;/h4-10,13-14H,11-12,15-16H2,1-3H3,(H2,24,26,27);1H. The number of aromatic nitrogens is 3. The molecule has 164 valence electrons. The summed E-state index contributed by atoms with van der Waals surface area (Å²) in [5, 5.41) is 11.4. The molecule has 8 heteroatoms. The first-order valence-corrected chi connectivity index (χ1v) is 11.1. The number of nitrogens with zero attached hydrogens (tertiary/aromatic N) is 4. The second-order valence-electron chi connectivity index (χ2n) is 7.74. The number of guanidine groups is 1. The van der Waals surface area contributed by atoms with Crippen molar-refractivity contribution in [1.82, 2.24) is 25.4 Å². The molecule has 0 amide bonds. The molecule has 1 saturated carbocycles. The third-order valence-corrected chi connectivity index (χ3v) is 6.68. The highest BCUT2D eigenvalue weighted by Gasteiger charge is 2.43. The third-order valence-electron chi connectivity index (χ3n) is 5.18. The summed E-state index contributed by atoms with van der Waals surface area (Å²) in [5.41, 5.74) is 3.18. The van der Waals surface area contributed by atoms with Crippen molar-refractivity contribution in [2.24, 2.45) is 4.99 Å². The first kappa shape index (κ1) is 23.6. The van der Waals surface area contributed by atoms with Crippen molar-refractivity contribution in [3.63, 3.8) is 0 Å². The number of aliphatic imine (C=N–C) groups is 1. The van der Waals surface area contributed by atoms with E-state index in [9.17, 15) is 0 Å². The van der Waals surface area contributed by atoms with Crippen LogP contribution in [0.15, 0.2) is 64.6 Å². The number of hydrogen-bond donors (Lipinski definition) is 2. The van der Waals surface area contributed by atoms with Crippen LogP contribution in [0.1, 0.15) is 29.8 Å². The van der Waals surface area contributed by atoms with Gasteiger partial charge in [-0.1, -0.05) is 24.3 Å². The Morgan fingerprint density at radius 2 is 1.90 bits per heavy atom. The van der Waals surface area contributed by atoms with E-state index in [0.717, 1.165) is 35.3 Å². The molecule has 0 atom stereocenters. The summed E-state index contributed by atoms with van der Waals surface area (Å²) in [7, 11) is 1.81. The Hall–Kier alpha value is -2.07.